The molecule has 144 valence electrons. The summed E-state index contributed by atoms with van der Waals surface area (Å²) in [6, 6.07) is 21.6. The highest BCUT2D eigenvalue weighted by molar-refractivity contribution is 7.80. The van der Waals surface area contributed by atoms with Crippen LogP contribution < -0.4 is 10.6 Å². The van der Waals surface area contributed by atoms with Crippen LogP contribution in [-0.2, 0) is 0 Å². The van der Waals surface area contributed by atoms with E-state index in [9.17, 15) is 4.79 Å². The number of anilines is 1. The second-order valence-electron chi connectivity index (χ2n) is 6.75. The summed E-state index contributed by atoms with van der Waals surface area (Å²) >= 11 is 6.84. The Labute approximate surface area is 178 Å². The van der Waals surface area contributed by atoms with Crippen LogP contribution in [0.1, 0.15) is 21.5 Å². The van der Waals surface area contributed by atoms with Crippen LogP contribution >= 0.6 is 23.6 Å². The van der Waals surface area contributed by atoms with Crippen LogP contribution in [-0.4, -0.2) is 16.0 Å². The van der Waals surface area contributed by atoms with Crippen molar-refractivity contribution in [2.24, 2.45) is 0 Å². The zero-order valence-corrected chi connectivity index (χ0v) is 17.7. The first-order valence-electron chi connectivity index (χ1n) is 9.16. The Morgan fingerprint density at radius 3 is 2.24 bits per heavy atom. The lowest BCUT2D eigenvalue weighted by Crippen LogP contribution is -2.34. The number of aryl methyl sites for hydroxylation is 2. The minimum absolute atomic E-state index is 0.233. The number of carbonyl (C=O) groups is 1. The van der Waals surface area contributed by atoms with Crippen molar-refractivity contribution in [3.63, 3.8) is 0 Å². The van der Waals surface area contributed by atoms with E-state index in [1.54, 1.807) is 12.1 Å². The Bertz CT molecular complexity index is 1160. The maximum absolute atomic E-state index is 12.5. The van der Waals surface area contributed by atoms with Crippen LogP contribution in [0, 0.1) is 13.8 Å². The van der Waals surface area contributed by atoms with Gasteiger partial charge in [0.1, 0.15) is 0 Å². The van der Waals surface area contributed by atoms with Gasteiger partial charge in [0.25, 0.3) is 5.91 Å². The van der Waals surface area contributed by atoms with Gasteiger partial charge in [-0.3, -0.25) is 10.1 Å². The third-order valence-corrected chi connectivity index (χ3v) is 5.95. The first kappa shape index (κ1) is 19.2. The van der Waals surface area contributed by atoms with Crippen LogP contribution in [0.2, 0.25) is 0 Å². The first-order valence-corrected chi connectivity index (χ1v) is 10.4. The molecule has 6 heteroatoms. The molecule has 1 heterocycles. The van der Waals surface area contributed by atoms with Crippen molar-refractivity contribution in [1.82, 2.24) is 10.3 Å². The molecule has 4 rings (SSSR count). The number of aromatic nitrogens is 1. The van der Waals surface area contributed by atoms with E-state index in [-0.39, 0.29) is 11.0 Å². The summed E-state index contributed by atoms with van der Waals surface area (Å²) in [5.74, 6) is -0.254. The Morgan fingerprint density at radius 1 is 0.897 bits per heavy atom. The number of nitrogens with zero attached hydrogens (tertiary/aromatic N) is 1. The van der Waals surface area contributed by atoms with Gasteiger partial charge in [-0.25, -0.2) is 4.98 Å². The van der Waals surface area contributed by atoms with Gasteiger partial charge < -0.3 is 5.32 Å². The minimum atomic E-state index is -0.254. The third kappa shape index (κ3) is 4.18. The standard InChI is InChI=1S/C23H19N3OS2/c1-14-8-9-15(2)20-19(14)24-23(29-20)26-22(28)25-21(27)18-12-10-17(11-13-18)16-6-4-3-5-7-16/h3-13H,1-2H3,(H2,24,25,26,27,28). The molecule has 0 saturated carbocycles. The number of hydrogen-bond donors (Lipinski definition) is 2. The first-order chi connectivity index (χ1) is 14.0. The zero-order chi connectivity index (χ0) is 20.4. The van der Waals surface area contributed by atoms with E-state index in [1.165, 1.54) is 16.9 Å². The second-order valence-corrected chi connectivity index (χ2v) is 8.16. The molecular weight excluding hydrogens is 398 g/mol. The van der Waals surface area contributed by atoms with Gasteiger partial charge in [0.05, 0.1) is 10.2 Å². The normalized spacial score (nSPS) is 10.7. The summed E-state index contributed by atoms with van der Waals surface area (Å²) in [5.41, 5.74) is 5.96. The molecule has 0 spiro atoms. The number of thiocarbonyl (C=S) groups is 1. The average Bonchev–Trinajstić information content (AvgIpc) is 3.16. The number of hydrogen-bond acceptors (Lipinski definition) is 4. The summed E-state index contributed by atoms with van der Waals surface area (Å²) in [6.45, 7) is 4.09. The largest absolute Gasteiger partial charge is 0.308 e. The van der Waals surface area contributed by atoms with Gasteiger partial charge in [-0.2, -0.15) is 0 Å². The van der Waals surface area contributed by atoms with Crippen LogP contribution in [0.4, 0.5) is 5.13 Å². The van der Waals surface area contributed by atoms with Gasteiger partial charge in [0, 0.05) is 5.56 Å². The van der Waals surface area contributed by atoms with E-state index in [2.05, 4.69) is 34.7 Å². The molecule has 0 aliphatic carbocycles. The fourth-order valence-electron chi connectivity index (χ4n) is 3.06. The van der Waals surface area contributed by atoms with Crippen LogP contribution in [0.3, 0.4) is 0 Å². The summed E-state index contributed by atoms with van der Waals surface area (Å²) in [6.07, 6.45) is 0. The fraction of sp³-hybridized carbons (Fsp3) is 0.0870. The highest BCUT2D eigenvalue weighted by Gasteiger charge is 2.12. The maximum Gasteiger partial charge on any atom is 0.257 e. The lowest BCUT2D eigenvalue weighted by molar-refractivity contribution is 0.0978. The SMILES string of the molecule is Cc1ccc(C)c2sc(NC(=S)NC(=O)c3ccc(-c4ccccc4)cc3)nc12. The zero-order valence-electron chi connectivity index (χ0n) is 16.0. The van der Waals surface area contributed by atoms with Crippen molar-refractivity contribution < 1.29 is 4.79 Å². The topological polar surface area (TPSA) is 54.0 Å². The van der Waals surface area contributed by atoms with Crippen LogP contribution in [0.15, 0.2) is 66.7 Å². The Morgan fingerprint density at radius 2 is 1.55 bits per heavy atom. The van der Waals surface area contributed by atoms with Crippen molar-refractivity contribution in [3.8, 4) is 11.1 Å². The third-order valence-electron chi connectivity index (χ3n) is 4.64. The number of fused-ring (bicyclic) bond motifs is 1. The monoisotopic (exact) mass is 417 g/mol. The van der Waals surface area contributed by atoms with E-state index in [0.717, 1.165) is 26.9 Å². The number of benzene rings is 3. The predicted molar refractivity (Wildman–Crippen MR) is 125 cm³/mol. The summed E-state index contributed by atoms with van der Waals surface area (Å²) in [5, 5.41) is 6.66. The molecule has 2 N–H and O–H groups in total. The predicted octanol–water partition coefficient (Wildman–Crippen LogP) is 5.71. The van der Waals surface area contributed by atoms with Crippen molar-refractivity contribution in [1.29, 1.82) is 0 Å². The Balaban J connectivity index is 1.44. The van der Waals surface area contributed by atoms with Gasteiger partial charge in [0.15, 0.2) is 10.2 Å². The average molecular weight is 418 g/mol. The summed E-state index contributed by atoms with van der Waals surface area (Å²) in [4.78, 5) is 17.1. The number of nitrogens with one attached hydrogen (secondary N) is 2. The van der Waals surface area contributed by atoms with Crippen LogP contribution in [0.25, 0.3) is 21.3 Å². The van der Waals surface area contributed by atoms with E-state index < -0.39 is 0 Å². The number of carbonyl (C=O) groups excluding carboxylic acids is 1. The number of thiazole rings is 1. The molecule has 4 aromatic rings. The van der Waals surface area contributed by atoms with E-state index in [1.807, 2.05) is 49.4 Å². The van der Waals surface area contributed by atoms with Gasteiger partial charge >= 0.3 is 0 Å². The molecule has 0 bridgehead atoms. The van der Waals surface area contributed by atoms with Crippen molar-refractivity contribution in [2.75, 3.05) is 5.32 Å². The highest BCUT2D eigenvalue weighted by atomic mass is 32.1. The highest BCUT2D eigenvalue weighted by Crippen LogP contribution is 2.30. The molecule has 0 aliphatic heterocycles. The van der Waals surface area contributed by atoms with Crippen molar-refractivity contribution >= 4 is 49.9 Å². The molecule has 29 heavy (non-hydrogen) atoms. The molecule has 4 nitrogen and oxygen atoms in total. The minimum Gasteiger partial charge on any atom is -0.308 e. The fourth-order valence-corrected chi connectivity index (χ4v) is 4.33. The lowest BCUT2D eigenvalue weighted by Gasteiger charge is -2.08. The molecule has 0 unspecified atom stereocenters. The van der Waals surface area contributed by atoms with Gasteiger partial charge in [-0.15, -0.1) is 0 Å². The summed E-state index contributed by atoms with van der Waals surface area (Å²) < 4.78 is 1.12. The molecular formula is C23H19N3OS2. The van der Waals surface area contributed by atoms with E-state index in [0.29, 0.717) is 10.7 Å². The molecule has 3 aromatic carbocycles. The van der Waals surface area contributed by atoms with Gasteiger partial charge in [0.2, 0.25) is 0 Å². The molecule has 0 fully saturated rings. The Hall–Kier alpha value is -3.09. The van der Waals surface area contributed by atoms with Gasteiger partial charge in [-0.05, 0) is 60.5 Å². The van der Waals surface area contributed by atoms with E-state index in [4.69, 9.17) is 12.2 Å². The molecule has 1 amide bonds. The molecule has 0 radical (unpaired) electrons. The van der Waals surface area contributed by atoms with Crippen molar-refractivity contribution in [3.05, 3.63) is 83.4 Å². The quantitative estimate of drug-likeness (QED) is 0.420. The molecule has 0 aliphatic rings. The number of amides is 1. The lowest BCUT2D eigenvalue weighted by atomic mass is 10.0. The van der Waals surface area contributed by atoms with E-state index >= 15 is 0 Å². The van der Waals surface area contributed by atoms with Crippen LogP contribution in [0.5, 0.6) is 0 Å². The smallest absolute Gasteiger partial charge is 0.257 e. The molecule has 0 saturated heterocycles. The number of rotatable bonds is 3. The Kier molecular flexibility index (Phi) is 5.38. The molecule has 0 atom stereocenters. The summed E-state index contributed by atoms with van der Waals surface area (Å²) in [7, 11) is 0. The second kappa shape index (κ2) is 8.11. The van der Waals surface area contributed by atoms with Gasteiger partial charge in [-0.1, -0.05) is 65.9 Å². The maximum atomic E-state index is 12.5. The van der Waals surface area contributed by atoms with Crippen molar-refractivity contribution in [2.45, 2.75) is 13.8 Å². The molecule has 1 aromatic heterocycles.